The molecule has 2 N–H and O–H groups in total. The molecule has 0 aliphatic carbocycles. The second-order valence-corrected chi connectivity index (χ2v) is 13.1. The van der Waals surface area contributed by atoms with Gasteiger partial charge in [-0.1, -0.05) is 56.4 Å². The van der Waals surface area contributed by atoms with Crippen LogP contribution < -0.4 is 0 Å². The molecule has 1 fully saturated rings. The van der Waals surface area contributed by atoms with E-state index in [4.69, 9.17) is 14.2 Å². The van der Waals surface area contributed by atoms with E-state index in [1.165, 1.54) is 4.57 Å². The molecular weight excluding hydrogens is 602 g/mol. The first-order valence-electron chi connectivity index (χ1n) is 16.3. The van der Waals surface area contributed by atoms with Crippen LogP contribution in [0.5, 0.6) is 0 Å². The van der Waals surface area contributed by atoms with Crippen molar-refractivity contribution < 1.29 is 38.8 Å². The number of piperazine rings is 1. The highest BCUT2D eigenvalue weighted by atomic mass is 16.6. The lowest BCUT2D eigenvalue weighted by atomic mass is 9.89. The molecule has 256 valence electrons. The Hall–Kier alpha value is -3.93. The van der Waals surface area contributed by atoms with Gasteiger partial charge in [-0.2, -0.15) is 0 Å². The van der Waals surface area contributed by atoms with Crippen LogP contribution in [-0.4, -0.2) is 106 Å². The normalized spacial score (nSPS) is 28.3. The molecule has 47 heavy (non-hydrogen) atoms. The number of hydrogen-bond donors (Lipinski definition) is 2. The molecule has 2 aromatic rings. The number of ether oxygens (including phenoxy) is 3. The number of rotatable bonds is 6. The molecule has 2 aliphatic heterocycles. The SMILES string of the molecule is C/C(=C\C=C\[C@@H](C)COC(=O)n1ccc2ccccc21)[C@H]1OC(=O)C[C@@H](O)CC[C@](C)(O)[C@@H](OC(=O)N2CCN(C)CC2)/C=C/[C@@H]1C. The van der Waals surface area contributed by atoms with Crippen molar-refractivity contribution in [3.63, 3.8) is 0 Å². The number of carbonyl (C=O) groups excluding carboxylic acids is 3. The van der Waals surface area contributed by atoms with Crippen LogP contribution >= 0.6 is 0 Å². The average Bonchev–Trinajstić information content (AvgIpc) is 3.47. The summed E-state index contributed by atoms with van der Waals surface area (Å²) in [5, 5.41) is 22.9. The third-order valence-electron chi connectivity index (χ3n) is 8.83. The van der Waals surface area contributed by atoms with Crippen molar-refractivity contribution in [3.05, 3.63) is 72.5 Å². The number of para-hydroxylation sites is 1. The van der Waals surface area contributed by atoms with Crippen LogP contribution in [-0.2, 0) is 19.0 Å². The number of fused-ring (bicyclic) bond motifs is 1. The minimum atomic E-state index is -1.47. The maximum absolute atomic E-state index is 13.0. The smallest absolute Gasteiger partial charge is 0.418 e. The predicted octanol–water partition coefficient (Wildman–Crippen LogP) is 4.92. The zero-order valence-electron chi connectivity index (χ0n) is 28.1. The van der Waals surface area contributed by atoms with Crippen LogP contribution in [0.15, 0.2) is 72.5 Å². The molecule has 0 unspecified atom stereocenters. The number of esters is 1. The van der Waals surface area contributed by atoms with Crippen molar-refractivity contribution in [2.45, 2.75) is 70.9 Å². The highest BCUT2D eigenvalue weighted by Crippen LogP contribution is 2.27. The fourth-order valence-corrected chi connectivity index (χ4v) is 5.68. The molecule has 6 atom stereocenters. The number of aliphatic hydroxyl groups is 2. The van der Waals surface area contributed by atoms with E-state index in [9.17, 15) is 24.6 Å². The van der Waals surface area contributed by atoms with Crippen LogP contribution in [0.4, 0.5) is 9.59 Å². The Kier molecular flexibility index (Phi) is 12.4. The number of cyclic esters (lactones) is 1. The Morgan fingerprint density at radius 3 is 2.60 bits per heavy atom. The molecule has 1 aromatic carbocycles. The molecule has 0 spiro atoms. The summed E-state index contributed by atoms with van der Waals surface area (Å²) >= 11 is 0. The minimum absolute atomic E-state index is 0.0888. The number of aromatic nitrogens is 1. The number of amides is 1. The summed E-state index contributed by atoms with van der Waals surface area (Å²) in [5.41, 5.74) is 0.0587. The van der Waals surface area contributed by atoms with Gasteiger partial charge in [0.1, 0.15) is 11.7 Å². The van der Waals surface area contributed by atoms with E-state index in [1.807, 2.05) is 76.4 Å². The van der Waals surface area contributed by atoms with E-state index in [0.717, 1.165) is 29.6 Å². The standard InChI is InChI=1S/C36H49N3O8/c1-25(24-45-35(43)39-18-16-28-11-6-7-12-30(28)39)9-8-10-26(2)33-27(3)13-14-31(46-34(42)38-21-19-37(5)20-22-38)36(4,44)17-15-29(40)23-32(41)47-33/h6-14,16,18,25,27,29,31,33,40,44H,15,17,19-24H2,1-5H3/b9-8+,14-13+,26-10+/t25-,27+,29+,31+,33-,36+/m1/s1. The lowest BCUT2D eigenvalue weighted by molar-refractivity contribution is -0.151. The third-order valence-corrected chi connectivity index (χ3v) is 8.83. The highest BCUT2D eigenvalue weighted by Gasteiger charge is 2.36. The quantitative estimate of drug-likeness (QED) is 0.194. The molecule has 11 nitrogen and oxygen atoms in total. The molecule has 1 amide bonds. The molecule has 0 radical (unpaired) electrons. The first kappa shape index (κ1) is 35.9. The second kappa shape index (κ2) is 16.3. The summed E-state index contributed by atoms with van der Waals surface area (Å²) in [6, 6.07) is 9.45. The number of nitrogens with zero attached hydrogens (tertiary/aromatic N) is 3. The van der Waals surface area contributed by atoms with Crippen molar-refractivity contribution in [2.75, 3.05) is 39.8 Å². The first-order valence-corrected chi connectivity index (χ1v) is 16.3. The maximum atomic E-state index is 13.0. The lowest BCUT2D eigenvalue weighted by Gasteiger charge is -2.36. The number of carbonyl (C=O) groups is 3. The van der Waals surface area contributed by atoms with Crippen LogP contribution in [0.2, 0.25) is 0 Å². The first-order chi connectivity index (χ1) is 22.3. The van der Waals surface area contributed by atoms with Crippen molar-refractivity contribution in [1.82, 2.24) is 14.4 Å². The van der Waals surface area contributed by atoms with Crippen LogP contribution in [0.1, 0.15) is 47.0 Å². The van der Waals surface area contributed by atoms with Gasteiger partial charge in [0.15, 0.2) is 6.10 Å². The topological polar surface area (TPSA) is 131 Å². The number of allylic oxidation sites excluding steroid dienone is 2. The largest absolute Gasteiger partial charge is 0.457 e. The fourth-order valence-electron chi connectivity index (χ4n) is 5.68. The molecule has 0 bridgehead atoms. The molecule has 0 saturated carbocycles. The van der Waals surface area contributed by atoms with Crippen LogP contribution in [0.25, 0.3) is 10.9 Å². The molecule has 1 aromatic heterocycles. The Bertz CT molecular complexity index is 1470. The molecule has 11 heteroatoms. The van der Waals surface area contributed by atoms with E-state index in [-0.39, 0.29) is 37.7 Å². The van der Waals surface area contributed by atoms with Gasteiger partial charge in [-0.25, -0.2) is 9.59 Å². The van der Waals surface area contributed by atoms with Crippen molar-refractivity contribution in [3.8, 4) is 0 Å². The van der Waals surface area contributed by atoms with Crippen molar-refractivity contribution >= 4 is 29.1 Å². The summed E-state index contributed by atoms with van der Waals surface area (Å²) in [6.07, 6.45) is 7.09. The molecule has 3 heterocycles. The van der Waals surface area contributed by atoms with Gasteiger partial charge in [-0.05, 0) is 57.5 Å². The second-order valence-electron chi connectivity index (χ2n) is 13.1. The summed E-state index contributed by atoms with van der Waals surface area (Å²) in [7, 11) is 2.00. The van der Waals surface area contributed by atoms with Crippen molar-refractivity contribution in [2.24, 2.45) is 11.8 Å². The molecule has 4 rings (SSSR count). The van der Waals surface area contributed by atoms with Gasteiger partial charge in [0.25, 0.3) is 0 Å². The van der Waals surface area contributed by atoms with Gasteiger partial charge in [0.2, 0.25) is 0 Å². The van der Waals surface area contributed by atoms with Crippen LogP contribution in [0, 0.1) is 11.8 Å². The van der Waals surface area contributed by atoms with Crippen LogP contribution in [0.3, 0.4) is 0 Å². The van der Waals surface area contributed by atoms with E-state index in [1.54, 1.807) is 30.2 Å². The maximum Gasteiger partial charge on any atom is 0.418 e. The minimum Gasteiger partial charge on any atom is -0.457 e. The Balaban J connectivity index is 1.43. The number of benzene rings is 1. The van der Waals surface area contributed by atoms with Gasteiger partial charge in [-0.3, -0.25) is 9.36 Å². The summed E-state index contributed by atoms with van der Waals surface area (Å²) < 4.78 is 18.7. The Morgan fingerprint density at radius 2 is 1.85 bits per heavy atom. The lowest BCUT2D eigenvalue weighted by Crippen LogP contribution is -2.50. The third kappa shape index (κ3) is 10.0. The zero-order valence-corrected chi connectivity index (χ0v) is 28.1. The van der Waals surface area contributed by atoms with Gasteiger partial charge in [0.05, 0.1) is 24.6 Å². The monoisotopic (exact) mass is 651 g/mol. The zero-order chi connectivity index (χ0) is 34.1. The van der Waals surface area contributed by atoms with Crippen molar-refractivity contribution in [1.29, 1.82) is 0 Å². The number of aliphatic hydroxyl groups excluding tert-OH is 1. The fraction of sp³-hybridized carbons (Fsp3) is 0.528. The van der Waals surface area contributed by atoms with Gasteiger partial charge < -0.3 is 34.2 Å². The molecular formula is C36H49N3O8. The Labute approximate surface area is 277 Å². The average molecular weight is 652 g/mol. The van der Waals surface area contributed by atoms with E-state index in [0.29, 0.717) is 13.1 Å². The van der Waals surface area contributed by atoms with E-state index in [2.05, 4.69) is 4.90 Å². The van der Waals surface area contributed by atoms with Gasteiger partial charge >= 0.3 is 18.2 Å². The van der Waals surface area contributed by atoms with E-state index < -0.39 is 42.1 Å². The van der Waals surface area contributed by atoms with Gasteiger partial charge in [0, 0.05) is 49.6 Å². The highest BCUT2D eigenvalue weighted by molar-refractivity contribution is 5.89. The summed E-state index contributed by atoms with van der Waals surface area (Å²) in [6.45, 7) is 9.93. The Morgan fingerprint density at radius 1 is 1.13 bits per heavy atom. The predicted molar refractivity (Wildman–Crippen MR) is 179 cm³/mol. The number of likely N-dealkylation sites (N-methyl/N-ethyl adjacent to an activating group) is 1. The van der Waals surface area contributed by atoms with E-state index >= 15 is 0 Å². The number of hydrogen-bond acceptors (Lipinski definition) is 9. The summed E-state index contributed by atoms with van der Waals surface area (Å²) in [5.74, 6) is -0.986. The molecule has 2 aliphatic rings. The molecule has 1 saturated heterocycles. The summed E-state index contributed by atoms with van der Waals surface area (Å²) in [4.78, 5) is 42.3. The van der Waals surface area contributed by atoms with Gasteiger partial charge in [-0.15, -0.1) is 0 Å².